The molecule has 1 amide bonds. The van der Waals surface area contributed by atoms with E-state index >= 15 is 0 Å². The highest BCUT2D eigenvalue weighted by Gasteiger charge is 2.11. The van der Waals surface area contributed by atoms with Gasteiger partial charge in [0.2, 0.25) is 5.91 Å². The van der Waals surface area contributed by atoms with Crippen molar-refractivity contribution in [3.05, 3.63) is 53.2 Å². The van der Waals surface area contributed by atoms with Crippen molar-refractivity contribution in [1.29, 1.82) is 0 Å². The number of carbonyl (C=O) groups excluding carboxylic acids is 1. The third-order valence-electron chi connectivity index (χ3n) is 3.75. The SMILES string of the molecule is Cl.O=C(Cc1cccc(Cl)c1)Nc1ccc(N2CCNCC2)cn1. The number of anilines is 2. The van der Waals surface area contributed by atoms with E-state index < -0.39 is 0 Å². The molecule has 0 saturated carbocycles. The van der Waals surface area contributed by atoms with Gasteiger partial charge in [-0.2, -0.15) is 0 Å². The van der Waals surface area contributed by atoms with Crippen molar-refractivity contribution in [1.82, 2.24) is 10.3 Å². The molecular weight excluding hydrogens is 347 g/mol. The van der Waals surface area contributed by atoms with Gasteiger partial charge >= 0.3 is 0 Å². The summed E-state index contributed by atoms with van der Waals surface area (Å²) in [4.78, 5) is 18.7. The molecule has 1 fully saturated rings. The molecule has 3 rings (SSSR count). The number of aromatic nitrogens is 1. The topological polar surface area (TPSA) is 57.3 Å². The lowest BCUT2D eigenvalue weighted by Gasteiger charge is -2.29. The minimum atomic E-state index is -0.102. The smallest absolute Gasteiger partial charge is 0.229 e. The maximum absolute atomic E-state index is 12.1. The summed E-state index contributed by atoms with van der Waals surface area (Å²) >= 11 is 5.93. The Balaban J connectivity index is 0.00000208. The van der Waals surface area contributed by atoms with Gasteiger partial charge in [0.15, 0.2) is 0 Å². The van der Waals surface area contributed by atoms with E-state index in [2.05, 4.69) is 20.5 Å². The van der Waals surface area contributed by atoms with Gasteiger partial charge in [0.1, 0.15) is 5.82 Å². The van der Waals surface area contributed by atoms with Crippen LogP contribution < -0.4 is 15.5 Å². The number of rotatable bonds is 4. The summed E-state index contributed by atoms with van der Waals surface area (Å²) in [5, 5.41) is 6.77. The first-order valence-electron chi connectivity index (χ1n) is 7.67. The van der Waals surface area contributed by atoms with Gasteiger partial charge in [-0.15, -0.1) is 12.4 Å². The number of halogens is 2. The van der Waals surface area contributed by atoms with Crippen molar-refractivity contribution in [2.75, 3.05) is 36.4 Å². The molecule has 0 atom stereocenters. The number of amides is 1. The molecule has 1 aliphatic heterocycles. The van der Waals surface area contributed by atoms with E-state index in [9.17, 15) is 4.79 Å². The fourth-order valence-corrected chi connectivity index (χ4v) is 2.80. The zero-order valence-electron chi connectivity index (χ0n) is 13.2. The molecule has 0 unspecified atom stereocenters. The van der Waals surface area contributed by atoms with Crippen LogP contribution >= 0.6 is 24.0 Å². The zero-order valence-corrected chi connectivity index (χ0v) is 14.7. The first kappa shape index (κ1) is 18.5. The fourth-order valence-electron chi connectivity index (χ4n) is 2.59. The second-order valence-electron chi connectivity index (χ2n) is 5.49. The average Bonchev–Trinajstić information content (AvgIpc) is 2.56. The summed E-state index contributed by atoms with van der Waals surface area (Å²) in [6.45, 7) is 3.92. The van der Waals surface area contributed by atoms with E-state index in [4.69, 9.17) is 11.6 Å². The van der Waals surface area contributed by atoms with Crippen LogP contribution in [-0.2, 0) is 11.2 Å². The molecule has 128 valence electrons. The Bertz CT molecular complexity index is 673. The molecular formula is C17H20Cl2N4O. The fraction of sp³-hybridized carbons (Fsp3) is 0.294. The van der Waals surface area contributed by atoms with Gasteiger partial charge in [-0.05, 0) is 29.8 Å². The molecule has 0 aliphatic carbocycles. The van der Waals surface area contributed by atoms with Crippen LogP contribution in [0.15, 0.2) is 42.6 Å². The second-order valence-corrected chi connectivity index (χ2v) is 5.93. The van der Waals surface area contributed by atoms with E-state index in [-0.39, 0.29) is 24.7 Å². The Morgan fingerprint density at radius 1 is 1.25 bits per heavy atom. The Kier molecular flexibility index (Phi) is 6.85. The lowest BCUT2D eigenvalue weighted by molar-refractivity contribution is -0.115. The highest BCUT2D eigenvalue weighted by molar-refractivity contribution is 6.30. The molecule has 2 N–H and O–H groups in total. The largest absolute Gasteiger partial charge is 0.368 e. The number of pyridine rings is 1. The summed E-state index contributed by atoms with van der Waals surface area (Å²) in [5.74, 6) is 0.464. The number of hydrogen-bond acceptors (Lipinski definition) is 4. The second kappa shape index (κ2) is 8.87. The zero-order chi connectivity index (χ0) is 16.1. The van der Waals surface area contributed by atoms with E-state index in [1.807, 2.05) is 24.3 Å². The maximum Gasteiger partial charge on any atom is 0.229 e. The number of hydrogen-bond donors (Lipinski definition) is 2. The average molecular weight is 367 g/mol. The monoisotopic (exact) mass is 366 g/mol. The quantitative estimate of drug-likeness (QED) is 0.873. The Labute approximate surface area is 152 Å². The minimum Gasteiger partial charge on any atom is -0.368 e. The molecule has 1 aromatic carbocycles. The van der Waals surface area contributed by atoms with Gasteiger partial charge in [-0.25, -0.2) is 4.98 Å². The molecule has 24 heavy (non-hydrogen) atoms. The van der Waals surface area contributed by atoms with E-state index in [1.54, 1.807) is 18.3 Å². The van der Waals surface area contributed by atoms with Crippen molar-refractivity contribution < 1.29 is 4.79 Å². The van der Waals surface area contributed by atoms with Gasteiger partial charge in [0, 0.05) is 31.2 Å². The van der Waals surface area contributed by atoms with Gasteiger partial charge in [0.25, 0.3) is 0 Å². The predicted octanol–water partition coefficient (Wildman–Crippen LogP) is 2.75. The minimum absolute atomic E-state index is 0. The molecule has 1 aliphatic rings. The van der Waals surface area contributed by atoms with Crippen LogP contribution in [0.25, 0.3) is 0 Å². The Morgan fingerprint density at radius 3 is 2.71 bits per heavy atom. The van der Waals surface area contributed by atoms with Gasteiger partial charge in [-0.3, -0.25) is 4.79 Å². The molecule has 7 heteroatoms. The van der Waals surface area contributed by atoms with Crippen LogP contribution in [0.2, 0.25) is 5.02 Å². The first-order valence-corrected chi connectivity index (χ1v) is 8.04. The van der Waals surface area contributed by atoms with Crippen LogP contribution in [0.1, 0.15) is 5.56 Å². The highest BCUT2D eigenvalue weighted by Crippen LogP contribution is 2.16. The summed E-state index contributed by atoms with van der Waals surface area (Å²) in [6.07, 6.45) is 2.09. The molecule has 1 saturated heterocycles. The summed E-state index contributed by atoms with van der Waals surface area (Å²) in [7, 11) is 0. The summed E-state index contributed by atoms with van der Waals surface area (Å²) in [5.41, 5.74) is 1.96. The molecule has 2 heterocycles. The van der Waals surface area contributed by atoms with Crippen LogP contribution in [0.5, 0.6) is 0 Å². The third kappa shape index (κ3) is 5.09. The molecule has 1 aromatic heterocycles. The number of carbonyl (C=O) groups is 1. The Morgan fingerprint density at radius 2 is 2.04 bits per heavy atom. The van der Waals surface area contributed by atoms with Gasteiger partial charge < -0.3 is 15.5 Å². The maximum atomic E-state index is 12.1. The van der Waals surface area contributed by atoms with Gasteiger partial charge in [-0.1, -0.05) is 23.7 Å². The number of benzene rings is 1. The number of nitrogens with one attached hydrogen (secondary N) is 2. The number of piperazine rings is 1. The molecule has 0 spiro atoms. The van der Waals surface area contributed by atoms with Crippen molar-refractivity contribution in [3.63, 3.8) is 0 Å². The number of nitrogens with zero attached hydrogens (tertiary/aromatic N) is 2. The van der Waals surface area contributed by atoms with Crippen LogP contribution in [0, 0.1) is 0 Å². The van der Waals surface area contributed by atoms with E-state index in [0.717, 1.165) is 37.4 Å². The van der Waals surface area contributed by atoms with Crippen LogP contribution in [0.4, 0.5) is 11.5 Å². The lowest BCUT2D eigenvalue weighted by Crippen LogP contribution is -2.43. The standard InChI is InChI=1S/C17H19ClN4O.ClH/c18-14-3-1-2-13(10-14)11-17(23)21-16-5-4-15(12-20-16)22-8-6-19-7-9-22;/h1-5,10,12,19H,6-9,11H2,(H,20,21,23);1H. The highest BCUT2D eigenvalue weighted by atomic mass is 35.5. The van der Waals surface area contributed by atoms with Crippen LogP contribution in [0.3, 0.4) is 0 Å². The van der Waals surface area contributed by atoms with Crippen LogP contribution in [-0.4, -0.2) is 37.1 Å². The predicted molar refractivity (Wildman–Crippen MR) is 100 cm³/mol. The summed E-state index contributed by atoms with van der Waals surface area (Å²) < 4.78 is 0. The normalized spacial score (nSPS) is 14.0. The van der Waals surface area contributed by atoms with Gasteiger partial charge in [0.05, 0.1) is 18.3 Å². The first-order chi connectivity index (χ1) is 11.2. The van der Waals surface area contributed by atoms with E-state index in [0.29, 0.717) is 10.8 Å². The molecule has 2 aromatic rings. The third-order valence-corrected chi connectivity index (χ3v) is 3.99. The molecule has 0 radical (unpaired) electrons. The lowest BCUT2D eigenvalue weighted by atomic mass is 10.1. The van der Waals surface area contributed by atoms with Crippen molar-refractivity contribution in [3.8, 4) is 0 Å². The Hall–Kier alpha value is -1.82. The molecule has 0 bridgehead atoms. The van der Waals surface area contributed by atoms with Crippen molar-refractivity contribution >= 4 is 41.4 Å². The van der Waals surface area contributed by atoms with Crippen molar-refractivity contribution in [2.24, 2.45) is 0 Å². The van der Waals surface area contributed by atoms with E-state index in [1.165, 1.54) is 0 Å². The van der Waals surface area contributed by atoms with Crippen molar-refractivity contribution in [2.45, 2.75) is 6.42 Å². The summed E-state index contributed by atoms with van der Waals surface area (Å²) in [6, 6.07) is 11.1. The molecule has 5 nitrogen and oxygen atoms in total.